The lowest BCUT2D eigenvalue weighted by atomic mass is 10.00. The molecule has 2 aromatic carbocycles. The van der Waals surface area contributed by atoms with Gasteiger partial charge in [0.2, 0.25) is 0 Å². The molecule has 0 aliphatic carbocycles. The Morgan fingerprint density at radius 2 is 1.68 bits per heavy atom. The Labute approximate surface area is 184 Å². The Balaban J connectivity index is 1.58. The highest BCUT2D eigenvalue weighted by Gasteiger charge is 2.27. The molecule has 5 nitrogen and oxygen atoms in total. The third-order valence-electron chi connectivity index (χ3n) is 5.51. The Bertz CT molecular complexity index is 875. The van der Waals surface area contributed by atoms with Crippen molar-refractivity contribution in [1.82, 2.24) is 15.1 Å². The molecule has 6 heteroatoms. The summed E-state index contributed by atoms with van der Waals surface area (Å²) in [5.74, 6) is 0.633. The van der Waals surface area contributed by atoms with E-state index >= 15 is 0 Å². The molecule has 31 heavy (non-hydrogen) atoms. The highest BCUT2D eigenvalue weighted by Crippen LogP contribution is 2.17. The van der Waals surface area contributed by atoms with Crippen molar-refractivity contribution in [1.29, 1.82) is 0 Å². The van der Waals surface area contributed by atoms with Crippen molar-refractivity contribution in [2.24, 2.45) is 11.8 Å². The Morgan fingerprint density at radius 1 is 1.06 bits per heavy atom. The lowest BCUT2D eigenvalue weighted by Crippen LogP contribution is -2.51. The number of rotatable bonds is 9. The average Bonchev–Trinajstić information content (AvgIpc) is 2.71. The number of halogens is 1. The summed E-state index contributed by atoms with van der Waals surface area (Å²) in [7, 11) is 2.07. The van der Waals surface area contributed by atoms with E-state index in [1.54, 1.807) is 17.0 Å². The fraction of sp³-hybridized carbons (Fsp3) is 0.440. The summed E-state index contributed by atoms with van der Waals surface area (Å²) < 4.78 is 13.2. The van der Waals surface area contributed by atoms with Gasteiger partial charge in [0, 0.05) is 50.6 Å². The monoisotopic (exact) mass is 425 g/mol. The third kappa shape index (κ3) is 6.89. The number of hydrogen-bond donors (Lipinski definition) is 1. The van der Waals surface area contributed by atoms with Gasteiger partial charge in [0.15, 0.2) is 5.78 Å². The molecule has 0 spiro atoms. The first-order chi connectivity index (χ1) is 14.8. The SMILES string of the molecule is CC(C)CC(=O)c1ccc(CNC(=O)N(Cc2ccc(F)cc2)CC2CN(C)C2)cc1. The van der Waals surface area contributed by atoms with E-state index in [-0.39, 0.29) is 17.6 Å². The summed E-state index contributed by atoms with van der Waals surface area (Å²) in [6.07, 6.45) is 0.533. The van der Waals surface area contributed by atoms with Crippen LogP contribution in [0.4, 0.5) is 9.18 Å². The number of carbonyl (C=O) groups excluding carboxylic acids is 2. The average molecular weight is 426 g/mol. The van der Waals surface area contributed by atoms with Crippen molar-refractivity contribution < 1.29 is 14.0 Å². The summed E-state index contributed by atoms with van der Waals surface area (Å²) in [4.78, 5) is 29.1. The maximum Gasteiger partial charge on any atom is 0.317 e. The topological polar surface area (TPSA) is 52.7 Å². The molecule has 1 aliphatic heterocycles. The molecule has 1 saturated heterocycles. The number of Topliss-reactive ketones (excluding diaryl/α,β-unsaturated/α-hetero) is 1. The van der Waals surface area contributed by atoms with Crippen LogP contribution in [0.2, 0.25) is 0 Å². The highest BCUT2D eigenvalue weighted by molar-refractivity contribution is 5.96. The standard InChI is InChI=1S/C25H32FN3O2/c1-18(2)12-24(30)22-8-4-19(5-9-22)13-27-25(31)29(17-21-14-28(3)15-21)16-20-6-10-23(26)11-7-20/h4-11,18,21H,12-17H2,1-3H3,(H,27,31). The number of ketones is 1. The second kappa shape index (κ2) is 10.5. The molecule has 0 saturated carbocycles. The minimum atomic E-state index is -0.282. The second-order valence-corrected chi connectivity index (χ2v) is 8.97. The summed E-state index contributed by atoms with van der Waals surface area (Å²) >= 11 is 0. The number of carbonyl (C=O) groups is 2. The molecule has 1 heterocycles. The molecule has 0 unspecified atom stereocenters. The van der Waals surface area contributed by atoms with Crippen LogP contribution in [0.1, 0.15) is 41.8 Å². The van der Waals surface area contributed by atoms with Crippen molar-refractivity contribution in [2.45, 2.75) is 33.4 Å². The van der Waals surface area contributed by atoms with E-state index in [0.29, 0.717) is 43.5 Å². The maximum atomic E-state index is 13.2. The Morgan fingerprint density at radius 3 is 2.26 bits per heavy atom. The van der Waals surface area contributed by atoms with Gasteiger partial charge in [-0.15, -0.1) is 0 Å². The van der Waals surface area contributed by atoms with Gasteiger partial charge in [-0.3, -0.25) is 4.79 Å². The molecule has 0 aromatic heterocycles. The van der Waals surface area contributed by atoms with Gasteiger partial charge in [0.25, 0.3) is 0 Å². The first kappa shape index (κ1) is 22.9. The van der Waals surface area contributed by atoms with Crippen LogP contribution >= 0.6 is 0 Å². The van der Waals surface area contributed by atoms with Gasteiger partial charge < -0.3 is 15.1 Å². The molecule has 2 aromatic rings. The first-order valence-electron chi connectivity index (χ1n) is 10.9. The number of benzene rings is 2. The molecular weight excluding hydrogens is 393 g/mol. The normalized spacial score (nSPS) is 14.4. The van der Waals surface area contributed by atoms with Gasteiger partial charge in [0.1, 0.15) is 5.82 Å². The van der Waals surface area contributed by atoms with E-state index < -0.39 is 0 Å². The zero-order chi connectivity index (χ0) is 22.4. The van der Waals surface area contributed by atoms with Crippen molar-refractivity contribution in [3.8, 4) is 0 Å². The van der Waals surface area contributed by atoms with Crippen LogP contribution in [-0.2, 0) is 13.1 Å². The summed E-state index contributed by atoms with van der Waals surface area (Å²) in [5.41, 5.74) is 2.55. The van der Waals surface area contributed by atoms with E-state index in [0.717, 1.165) is 24.2 Å². The Hall–Kier alpha value is -2.73. The third-order valence-corrected chi connectivity index (χ3v) is 5.51. The molecule has 0 bridgehead atoms. The van der Waals surface area contributed by atoms with Gasteiger partial charge in [-0.05, 0) is 36.2 Å². The summed E-state index contributed by atoms with van der Waals surface area (Å²) in [5, 5.41) is 2.99. The van der Waals surface area contributed by atoms with E-state index in [1.807, 2.05) is 38.1 Å². The van der Waals surface area contributed by atoms with E-state index in [1.165, 1.54) is 12.1 Å². The van der Waals surface area contributed by atoms with Crippen LogP contribution < -0.4 is 5.32 Å². The largest absolute Gasteiger partial charge is 0.334 e. The molecule has 166 valence electrons. The fourth-order valence-corrected chi connectivity index (χ4v) is 3.87. The number of amides is 2. The summed E-state index contributed by atoms with van der Waals surface area (Å²) in [6, 6.07) is 13.6. The zero-order valence-electron chi connectivity index (χ0n) is 18.6. The van der Waals surface area contributed by atoms with Crippen LogP contribution in [0.15, 0.2) is 48.5 Å². The molecule has 1 aliphatic rings. The van der Waals surface area contributed by atoms with Gasteiger partial charge in [-0.25, -0.2) is 9.18 Å². The van der Waals surface area contributed by atoms with Gasteiger partial charge >= 0.3 is 6.03 Å². The van der Waals surface area contributed by atoms with Crippen LogP contribution in [0.5, 0.6) is 0 Å². The smallest absolute Gasteiger partial charge is 0.317 e. The quantitative estimate of drug-likeness (QED) is 0.609. The van der Waals surface area contributed by atoms with Gasteiger partial charge in [-0.2, -0.15) is 0 Å². The van der Waals surface area contributed by atoms with E-state index in [2.05, 4.69) is 17.3 Å². The van der Waals surface area contributed by atoms with Gasteiger partial charge in [0.05, 0.1) is 0 Å². The van der Waals surface area contributed by atoms with Crippen molar-refractivity contribution in [3.63, 3.8) is 0 Å². The minimum absolute atomic E-state index is 0.140. The first-order valence-corrected chi connectivity index (χ1v) is 10.9. The molecule has 3 rings (SSSR count). The highest BCUT2D eigenvalue weighted by atomic mass is 19.1. The molecule has 1 fully saturated rings. The van der Waals surface area contributed by atoms with Gasteiger partial charge in [-0.1, -0.05) is 50.2 Å². The molecular formula is C25H32FN3O2. The van der Waals surface area contributed by atoms with Crippen LogP contribution in [-0.4, -0.2) is 48.3 Å². The molecule has 0 atom stereocenters. The van der Waals surface area contributed by atoms with Crippen molar-refractivity contribution in [3.05, 3.63) is 71.0 Å². The number of urea groups is 1. The van der Waals surface area contributed by atoms with Crippen LogP contribution in [0, 0.1) is 17.7 Å². The zero-order valence-corrected chi connectivity index (χ0v) is 18.6. The van der Waals surface area contributed by atoms with Crippen LogP contribution in [0.3, 0.4) is 0 Å². The number of nitrogens with zero attached hydrogens (tertiary/aromatic N) is 2. The van der Waals surface area contributed by atoms with E-state index in [4.69, 9.17) is 0 Å². The number of likely N-dealkylation sites (tertiary alicyclic amines) is 1. The summed E-state index contributed by atoms with van der Waals surface area (Å²) in [6.45, 7) is 7.49. The Kier molecular flexibility index (Phi) is 7.80. The fourth-order valence-electron chi connectivity index (χ4n) is 3.87. The minimum Gasteiger partial charge on any atom is -0.334 e. The number of nitrogens with one attached hydrogen (secondary N) is 1. The lowest BCUT2D eigenvalue weighted by molar-refractivity contribution is 0.0965. The van der Waals surface area contributed by atoms with E-state index in [9.17, 15) is 14.0 Å². The molecule has 1 N–H and O–H groups in total. The number of hydrogen-bond acceptors (Lipinski definition) is 3. The maximum absolute atomic E-state index is 13.2. The second-order valence-electron chi connectivity index (χ2n) is 8.97. The van der Waals surface area contributed by atoms with Crippen LogP contribution in [0.25, 0.3) is 0 Å². The molecule has 0 radical (unpaired) electrons. The van der Waals surface area contributed by atoms with Crippen molar-refractivity contribution in [2.75, 3.05) is 26.7 Å². The predicted molar refractivity (Wildman–Crippen MR) is 120 cm³/mol. The van der Waals surface area contributed by atoms with Crippen molar-refractivity contribution >= 4 is 11.8 Å². The predicted octanol–water partition coefficient (Wildman–Crippen LogP) is 4.33. The molecule has 2 amide bonds. The lowest BCUT2D eigenvalue weighted by Gasteiger charge is -2.39.